The lowest BCUT2D eigenvalue weighted by Crippen LogP contribution is -2.43. The Morgan fingerprint density at radius 2 is 2.00 bits per heavy atom. The molecule has 4 heterocycles. The summed E-state index contributed by atoms with van der Waals surface area (Å²) in [5, 5.41) is 7.11. The summed E-state index contributed by atoms with van der Waals surface area (Å²) < 4.78 is 11.3. The maximum Gasteiger partial charge on any atom is 0.293 e. The molecule has 29 heavy (non-hydrogen) atoms. The highest BCUT2D eigenvalue weighted by Gasteiger charge is 2.20. The van der Waals surface area contributed by atoms with Gasteiger partial charge in [0.25, 0.3) is 5.91 Å². The number of rotatable bonds is 4. The molecule has 2 N–H and O–H groups in total. The van der Waals surface area contributed by atoms with Gasteiger partial charge in [0, 0.05) is 37.8 Å². The van der Waals surface area contributed by atoms with Gasteiger partial charge in [-0.3, -0.25) is 9.78 Å². The highest BCUT2D eigenvalue weighted by molar-refractivity contribution is 6.04. The molecule has 0 saturated carbocycles. The van der Waals surface area contributed by atoms with Gasteiger partial charge in [0.05, 0.1) is 29.3 Å². The highest BCUT2D eigenvalue weighted by atomic mass is 16.4. The van der Waals surface area contributed by atoms with E-state index in [2.05, 4.69) is 25.5 Å². The van der Waals surface area contributed by atoms with E-state index in [1.807, 2.05) is 30.3 Å². The summed E-state index contributed by atoms with van der Waals surface area (Å²) in [6.07, 6.45) is 6.38. The van der Waals surface area contributed by atoms with Gasteiger partial charge in [-0.05, 0) is 12.1 Å². The van der Waals surface area contributed by atoms with Crippen molar-refractivity contribution in [3.63, 3.8) is 0 Å². The van der Waals surface area contributed by atoms with E-state index < -0.39 is 0 Å². The van der Waals surface area contributed by atoms with Crippen LogP contribution in [0.5, 0.6) is 0 Å². The van der Waals surface area contributed by atoms with Gasteiger partial charge in [-0.25, -0.2) is 4.98 Å². The second kappa shape index (κ2) is 7.40. The van der Waals surface area contributed by atoms with E-state index in [1.165, 1.54) is 6.20 Å². The minimum absolute atomic E-state index is 0.125. The number of nitrogens with zero attached hydrogens (tertiary/aromatic N) is 3. The number of furan rings is 1. The van der Waals surface area contributed by atoms with Gasteiger partial charge in [0.15, 0.2) is 0 Å². The number of oxazole rings is 1. The van der Waals surface area contributed by atoms with Crippen LogP contribution in [0.4, 0.5) is 11.4 Å². The number of aromatic nitrogens is 2. The molecule has 4 aromatic rings. The number of amides is 1. The predicted octanol–water partition coefficient (Wildman–Crippen LogP) is 3.14. The van der Waals surface area contributed by atoms with E-state index in [-0.39, 0.29) is 11.7 Å². The number of anilines is 2. The van der Waals surface area contributed by atoms with Crippen LogP contribution >= 0.6 is 0 Å². The Balaban J connectivity index is 1.39. The second-order valence-corrected chi connectivity index (χ2v) is 6.76. The fourth-order valence-corrected chi connectivity index (χ4v) is 3.50. The normalized spacial score (nSPS) is 14.3. The average molecular weight is 389 g/mol. The molecule has 146 valence electrons. The van der Waals surface area contributed by atoms with Crippen LogP contribution in [-0.4, -0.2) is 42.1 Å². The Kier molecular flexibility index (Phi) is 4.45. The minimum atomic E-state index is -0.374. The van der Waals surface area contributed by atoms with Crippen molar-refractivity contribution in [3.05, 3.63) is 60.9 Å². The van der Waals surface area contributed by atoms with Crippen molar-refractivity contribution in [2.45, 2.75) is 0 Å². The molecule has 0 spiro atoms. The molecule has 3 aromatic heterocycles. The van der Waals surface area contributed by atoms with Crippen LogP contribution in [0.1, 0.15) is 10.6 Å². The smallest absolute Gasteiger partial charge is 0.293 e. The Morgan fingerprint density at radius 1 is 1.14 bits per heavy atom. The number of carbonyl (C=O) groups is 1. The Bertz CT molecular complexity index is 1160. The van der Waals surface area contributed by atoms with Crippen LogP contribution in [0, 0.1) is 0 Å². The summed E-state index contributed by atoms with van der Waals surface area (Å²) in [4.78, 5) is 23.4. The van der Waals surface area contributed by atoms with Gasteiger partial charge in [-0.1, -0.05) is 18.2 Å². The van der Waals surface area contributed by atoms with Crippen molar-refractivity contribution in [2.24, 2.45) is 0 Å². The molecule has 8 nitrogen and oxygen atoms in total. The lowest BCUT2D eigenvalue weighted by molar-refractivity contribution is 0.0997. The molecule has 1 aliphatic heterocycles. The van der Waals surface area contributed by atoms with Gasteiger partial charge in [-0.2, -0.15) is 0 Å². The summed E-state index contributed by atoms with van der Waals surface area (Å²) in [6, 6.07) is 9.51. The molecule has 0 aliphatic carbocycles. The van der Waals surface area contributed by atoms with Crippen molar-refractivity contribution in [3.8, 4) is 11.5 Å². The van der Waals surface area contributed by atoms with E-state index in [9.17, 15) is 4.79 Å². The maximum absolute atomic E-state index is 12.8. The summed E-state index contributed by atoms with van der Waals surface area (Å²) in [5.41, 5.74) is 3.03. The molecular weight excluding hydrogens is 370 g/mol. The number of para-hydroxylation sites is 1. The van der Waals surface area contributed by atoms with Gasteiger partial charge < -0.3 is 24.4 Å². The quantitative estimate of drug-likeness (QED) is 0.553. The molecule has 0 radical (unpaired) electrons. The fourth-order valence-electron chi connectivity index (χ4n) is 3.50. The van der Waals surface area contributed by atoms with E-state index in [0.717, 1.165) is 42.8 Å². The third-order valence-corrected chi connectivity index (χ3v) is 4.94. The Labute approximate surface area is 166 Å². The van der Waals surface area contributed by atoms with E-state index in [0.29, 0.717) is 17.1 Å². The fraction of sp³-hybridized carbons (Fsp3) is 0.190. The van der Waals surface area contributed by atoms with Gasteiger partial charge in [0.1, 0.15) is 11.8 Å². The summed E-state index contributed by atoms with van der Waals surface area (Å²) >= 11 is 0. The molecule has 5 rings (SSSR count). The van der Waals surface area contributed by atoms with Crippen LogP contribution in [-0.2, 0) is 0 Å². The number of nitrogens with one attached hydrogen (secondary N) is 2. The Morgan fingerprint density at radius 3 is 2.90 bits per heavy atom. The standard InChI is InChI=1S/C21H19N5O3/c27-20(25-16-11-23-6-5-17(16)26-9-7-22-8-10-26)19-12-24-21(29-19)15-13-28-18-4-2-1-3-14(15)18/h1-6,11-13,22H,7-10H2,(H,25,27). The highest BCUT2D eigenvalue weighted by Crippen LogP contribution is 2.30. The molecule has 0 unspecified atom stereocenters. The first kappa shape index (κ1) is 17.4. The predicted molar refractivity (Wildman–Crippen MR) is 109 cm³/mol. The Hall–Kier alpha value is -3.65. The lowest BCUT2D eigenvalue weighted by Gasteiger charge is -2.30. The van der Waals surface area contributed by atoms with Crippen LogP contribution < -0.4 is 15.5 Å². The SMILES string of the molecule is O=C(Nc1cnccc1N1CCNCC1)c1cnc(-c2coc3ccccc23)o1. The van der Waals surface area contributed by atoms with E-state index >= 15 is 0 Å². The average Bonchev–Trinajstić information content (AvgIpc) is 3.42. The van der Waals surface area contributed by atoms with Crippen molar-refractivity contribution >= 4 is 28.3 Å². The molecule has 1 aromatic carbocycles. The molecule has 1 fully saturated rings. The van der Waals surface area contributed by atoms with Gasteiger partial charge in [0.2, 0.25) is 11.7 Å². The van der Waals surface area contributed by atoms with Crippen molar-refractivity contribution in [1.29, 1.82) is 0 Å². The first-order chi connectivity index (χ1) is 14.3. The van der Waals surface area contributed by atoms with Crippen LogP contribution in [0.25, 0.3) is 22.4 Å². The third-order valence-electron chi connectivity index (χ3n) is 4.94. The summed E-state index contributed by atoms with van der Waals surface area (Å²) in [7, 11) is 0. The van der Waals surface area contributed by atoms with Crippen LogP contribution in [0.15, 0.2) is 64.0 Å². The van der Waals surface area contributed by atoms with Crippen molar-refractivity contribution in [1.82, 2.24) is 15.3 Å². The van der Waals surface area contributed by atoms with Crippen LogP contribution in [0.2, 0.25) is 0 Å². The number of fused-ring (bicyclic) bond motifs is 1. The third kappa shape index (κ3) is 3.34. The number of pyridine rings is 1. The van der Waals surface area contributed by atoms with Crippen LogP contribution in [0.3, 0.4) is 0 Å². The first-order valence-electron chi connectivity index (χ1n) is 9.43. The number of benzene rings is 1. The minimum Gasteiger partial charge on any atom is -0.463 e. The second-order valence-electron chi connectivity index (χ2n) is 6.76. The number of hydrogen-bond donors (Lipinski definition) is 2. The molecular formula is C21H19N5O3. The summed E-state index contributed by atoms with van der Waals surface area (Å²) in [6.45, 7) is 3.54. The molecule has 0 bridgehead atoms. The lowest BCUT2D eigenvalue weighted by atomic mass is 10.2. The zero-order valence-electron chi connectivity index (χ0n) is 15.6. The monoisotopic (exact) mass is 389 g/mol. The zero-order valence-corrected chi connectivity index (χ0v) is 15.6. The molecule has 1 amide bonds. The van der Waals surface area contributed by atoms with Gasteiger partial charge >= 0.3 is 0 Å². The van der Waals surface area contributed by atoms with Gasteiger partial charge in [-0.15, -0.1) is 0 Å². The number of carbonyl (C=O) groups excluding carboxylic acids is 1. The molecule has 1 aliphatic rings. The van der Waals surface area contributed by atoms with Crippen molar-refractivity contribution in [2.75, 3.05) is 36.4 Å². The molecule has 1 saturated heterocycles. The number of piperazine rings is 1. The topological polar surface area (TPSA) is 96.4 Å². The van der Waals surface area contributed by atoms with E-state index in [1.54, 1.807) is 18.7 Å². The van der Waals surface area contributed by atoms with Crippen molar-refractivity contribution < 1.29 is 13.6 Å². The summed E-state index contributed by atoms with van der Waals surface area (Å²) in [5.74, 6) is 0.0925. The molecule has 8 heteroatoms. The zero-order chi connectivity index (χ0) is 19.6. The molecule has 0 atom stereocenters. The first-order valence-corrected chi connectivity index (χ1v) is 9.43. The number of hydrogen-bond acceptors (Lipinski definition) is 7. The van der Waals surface area contributed by atoms with E-state index in [4.69, 9.17) is 8.83 Å². The largest absolute Gasteiger partial charge is 0.463 e. The maximum atomic E-state index is 12.8.